The van der Waals surface area contributed by atoms with Gasteiger partial charge < -0.3 is 10.1 Å². The number of aromatic nitrogens is 1. The Morgan fingerprint density at radius 3 is 3.00 bits per heavy atom. The molecule has 0 fully saturated rings. The number of hydrogen-bond donors (Lipinski definition) is 1. The number of halogens is 2. The van der Waals surface area contributed by atoms with E-state index < -0.39 is 11.7 Å². The van der Waals surface area contributed by atoms with Crippen LogP contribution in [-0.2, 0) is 6.42 Å². The molecule has 0 aliphatic carbocycles. The van der Waals surface area contributed by atoms with E-state index in [9.17, 15) is 13.6 Å². The number of thioether (sulfide) groups is 1. The number of para-hydroxylation sites is 1. The van der Waals surface area contributed by atoms with Gasteiger partial charge in [-0.2, -0.15) is 8.78 Å². The Morgan fingerprint density at radius 1 is 1.33 bits per heavy atom. The van der Waals surface area contributed by atoms with Crippen molar-refractivity contribution in [2.75, 3.05) is 13.2 Å². The molecule has 1 aromatic heterocycles. The lowest BCUT2D eigenvalue weighted by Gasteiger charge is -2.25. The molecule has 0 bridgehead atoms. The van der Waals surface area contributed by atoms with Gasteiger partial charge in [0.1, 0.15) is 10.8 Å². The van der Waals surface area contributed by atoms with Crippen LogP contribution in [0.3, 0.4) is 0 Å². The van der Waals surface area contributed by atoms with Gasteiger partial charge in [-0.1, -0.05) is 18.2 Å². The molecule has 126 valence electrons. The standard InChI is InChI=1S/C17H16F2N2O2S/c18-17(19)24-16-13(5-3-7-20-16)15(22)21-9-11-8-12-4-1-2-6-14(12)23-10-11/h1-7,11,17H,8-10H2,(H,21,22). The number of rotatable bonds is 5. The van der Waals surface area contributed by atoms with Crippen molar-refractivity contribution in [3.8, 4) is 5.75 Å². The van der Waals surface area contributed by atoms with Crippen molar-refractivity contribution in [1.82, 2.24) is 10.3 Å². The normalized spacial score (nSPS) is 16.4. The minimum Gasteiger partial charge on any atom is -0.493 e. The van der Waals surface area contributed by atoms with Crippen molar-refractivity contribution < 1.29 is 18.3 Å². The second-order valence-corrected chi connectivity index (χ2v) is 6.41. The number of benzene rings is 1. The molecule has 0 saturated heterocycles. The predicted molar refractivity (Wildman–Crippen MR) is 87.6 cm³/mol. The minimum atomic E-state index is -2.62. The Bertz CT molecular complexity index is 727. The summed E-state index contributed by atoms with van der Waals surface area (Å²) < 4.78 is 30.8. The van der Waals surface area contributed by atoms with Crippen molar-refractivity contribution in [1.29, 1.82) is 0 Å². The van der Waals surface area contributed by atoms with Gasteiger partial charge in [0.2, 0.25) is 0 Å². The summed E-state index contributed by atoms with van der Waals surface area (Å²) >= 11 is 0.276. The smallest absolute Gasteiger partial charge is 0.290 e. The largest absolute Gasteiger partial charge is 0.493 e. The number of carbonyl (C=O) groups is 1. The van der Waals surface area contributed by atoms with Crippen LogP contribution in [0.4, 0.5) is 8.78 Å². The molecular formula is C17H16F2N2O2S. The fraction of sp³-hybridized carbons (Fsp3) is 0.294. The molecule has 1 N–H and O–H groups in total. The molecule has 1 aromatic carbocycles. The number of nitrogens with one attached hydrogen (secondary N) is 1. The molecule has 1 amide bonds. The van der Waals surface area contributed by atoms with E-state index in [1.165, 1.54) is 12.3 Å². The average molecular weight is 350 g/mol. The summed E-state index contributed by atoms with van der Waals surface area (Å²) in [6.07, 6.45) is 2.20. The molecule has 24 heavy (non-hydrogen) atoms. The highest BCUT2D eigenvalue weighted by atomic mass is 32.2. The maximum Gasteiger partial charge on any atom is 0.290 e. The fourth-order valence-corrected chi connectivity index (χ4v) is 3.17. The van der Waals surface area contributed by atoms with Gasteiger partial charge in [-0.25, -0.2) is 4.98 Å². The lowest BCUT2D eigenvalue weighted by Crippen LogP contribution is -2.35. The third-order valence-corrected chi connectivity index (χ3v) is 4.45. The minimum absolute atomic E-state index is 0.0373. The van der Waals surface area contributed by atoms with E-state index in [4.69, 9.17) is 4.74 Å². The fourth-order valence-electron chi connectivity index (χ4n) is 2.60. The number of fused-ring (bicyclic) bond motifs is 1. The summed E-state index contributed by atoms with van der Waals surface area (Å²) in [4.78, 5) is 16.1. The molecule has 7 heteroatoms. The molecule has 4 nitrogen and oxygen atoms in total. The molecule has 0 spiro atoms. The van der Waals surface area contributed by atoms with Crippen molar-refractivity contribution in [2.24, 2.45) is 5.92 Å². The number of hydrogen-bond acceptors (Lipinski definition) is 4. The van der Waals surface area contributed by atoms with Crippen molar-refractivity contribution in [3.05, 3.63) is 53.7 Å². The summed E-state index contributed by atoms with van der Waals surface area (Å²) in [5.74, 6) is -1.99. The summed E-state index contributed by atoms with van der Waals surface area (Å²) in [7, 11) is 0. The highest BCUT2D eigenvalue weighted by Gasteiger charge is 2.21. The van der Waals surface area contributed by atoms with Crippen LogP contribution in [0.15, 0.2) is 47.6 Å². The maximum absolute atomic E-state index is 12.6. The Kier molecular flexibility index (Phi) is 5.30. The summed E-state index contributed by atoms with van der Waals surface area (Å²) in [5, 5.41) is 2.83. The number of carbonyl (C=O) groups excluding carboxylic acids is 1. The SMILES string of the molecule is O=C(NCC1COc2ccccc2C1)c1cccnc1SC(F)F. The summed E-state index contributed by atoms with van der Waals surface area (Å²) in [6.45, 7) is 0.934. The van der Waals surface area contributed by atoms with E-state index in [0.717, 1.165) is 17.7 Å². The molecule has 2 heterocycles. The Morgan fingerprint density at radius 2 is 2.17 bits per heavy atom. The van der Waals surface area contributed by atoms with Crippen LogP contribution in [0.25, 0.3) is 0 Å². The van der Waals surface area contributed by atoms with Gasteiger partial charge in [0, 0.05) is 18.7 Å². The molecule has 2 aromatic rings. The molecule has 1 atom stereocenters. The van der Waals surface area contributed by atoms with Crippen LogP contribution >= 0.6 is 11.8 Å². The second kappa shape index (κ2) is 7.61. The monoisotopic (exact) mass is 350 g/mol. The number of alkyl halides is 2. The number of amides is 1. The topological polar surface area (TPSA) is 51.2 Å². The van der Waals surface area contributed by atoms with Crippen molar-refractivity contribution in [3.63, 3.8) is 0 Å². The third-order valence-electron chi connectivity index (χ3n) is 3.72. The predicted octanol–water partition coefficient (Wildman–Crippen LogP) is 3.38. The zero-order valence-electron chi connectivity index (χ0n) is 12.7. The highest BCUT2D eigenvalue weighted by molar-refractivity contribution is 7.99. The molecule has 1 aliphatic heterocycles. The summed E-state index contributed by atoms with van der Waals surface area (Å²) in [5.41, 5.74) is 1.28. The Hall–Kier alpha value is -2.15. The van der Waals surface area contributed by atoms with Crippen LogP contribution in [0, 0.1) is 5.92 Å². The summed E-state index contributed by atoms with van der Waals surface area (Å²) in [6, 6.07) is 10.9. The van der Waals surface area contributed by atoms with Gasteiger partial charge in [0.15, 0.2) is 0 Å². The second-order valence-electron chi connectivity index (χ2n) is 5.43. The number of nitrogens with zero attached hydrogens (tertiary/aromatic N) is 1. The Labute approximate surface area is 142 Å². The van der Waals surface area contributed by atoms with E-state index in [1.54, 1.807) is 6.07 Å². The first-order valence-corrected chi connectivity index (χ1v) is 8.40. The number of ether oxygens (including phenoxy) is 1. The van der Waals surface area contributed by atoms with Crippen molar-refractivity contribution >= 4 is 17.7 Å². The van der Waals surface area contributed by atoms with E-state index >= 15 is 0 Å². The Balaban J connectivity index is 1.61. The lowest BCUT2D eigenvalue weighted by molar-refractivity contribution is 0.0935. The van der Waals surface area contributed by atoms with E-state index in [-0.39, 0.29) is 28.3 Å². The van der Waals surface area contributed by atoms with E-state index in [0.29, 0.717) is 13.2 Å². The lowest BCUT2D eigenvalue weighted by atomic mass is 9.97. The zero-order valence-corrected chi connectivity index (χ0v) is 13.6. The first-order chi connectivity index (χ1) is 11.6. The zero-order chi connectivity index (χ0) is 16.9. The molecule has 0 radical (unpaired) electrons. The van der Waals surface area contributed by atoms with Crippen LogP contribution in [0.5, 0.6) is 5.75 Å². The molecule has 1 aliphatic rings. The quantitative estimate of drug-likeness (QED) is 0.840. The first kappa shape index (κ1) is 16.7. The average Bonchev–Trinajstić information content (AvgIpc) is 2.59. The van der Waals surface area contributed by atoms with Gasteiger partial charge in [-0.3, -0.25) is 4.79 Å². The van der Waals surface area contributed by atoms with E-state index in [2.05, 4.69) is 10.3 Å². The highest BCUT2D eigenvalue weighted by Crippen LogP contribution is 2.27. The third kappa shape index (κ3) is 4.03. The first-order valence-electron chi connectivity index (χ1n) is 7.52. The van der Waals surface area contributed by atoms with Crippen LogP contribution < -0.4 is 10.1 Å². The number of pyridine rings is 1. The molecule has 3 rings (SSSR count). The van der Waals surface area contributed by atoms with Crippen LogP contribution in [0.2, 0.25) is 0 Å². The van der Waals surface area contributed by atoms with Gasteiger partial charge >= 0.3 is 0 Å². The van der Waals surface area contributed by atoms with Gasteiger partial charge in [-0.15, -0.1) is 0 Å². The van der Waals surface area contributed by atoms with E-state index in [1.807, 2.05) is 24.3 Å². The molecule has 0 saturated carbocycles. The van der Waals surface area contributed by atoms with Gasteiger partial charge in [-0.05, 0) is 41.9 Å². The van der Waals surface area contributed by atoms with Gasteiger partial charge in [0.05, 0.1) is 12.2 Å². The van der Waals surface area contributed by atoms with Gasteiger partial charge in [0.25, 0.3) is 11.7 Å². The molecular weight excluding hydrogens is 334 g/mol. The van der Waals surface area contributed by atoms with Crippen molar-refractivity contribution in [2.45, 2.75) is 17.2 Å². The maximum atomic E-state index is 12.6. The molecule has 1 unspecified atom stereocenters. The van der Waals surface area contributed by atoms with Crippen LogP contribution in [0.1, 0.15) is 15.9 Å². The van der Waals surface area contributed by atoms with Crippen LogP contribution in [-0.4, -0.2) is 29.8 Å².